The van der Waals surface area contributed by atoms with Crippen molar-refractivity contribution in [2.75, 3.05) is 25.6 Å². The zero-order valence-corrected chi connectivity index (χ0v) is 14.0. The minimum atomic E-state index is -2.42. The van der Waals surface area contributed by atoms with Crippen LogP contribution >= 0.6 is 11.8 Å². The molecule has 0 N–H and O–H groups in total. The van der Waals surface area contributed by atoms with Gasteiger partial charge < -0.3 is 13.3 Å². The predicted molar refractivity (Wildman–Crippen MR) is 77.7 cm³/mol. The number of thioether (sulfide) groups is 1. The third-order valence-corrected chi connectivity index (χ3v) is 6.72. The highest BCUT2D eigenvalue weighted by Crippen LogP contribution is 2.27. The van der Waals surface area contributed by atoms with Crippen LogP contribution in [0.25, 0.3) is 0 Å². The van der Waals surface area contributed by atoms with Gasteiger partial charge in [-0.25, -0.2) is 0 Å². The second-order valence-electron chi connectivity index (χ2n) is 4.69. The first kappa shape index (κ1) is 17.4. The second kappa shape index (κ2) is 8.53. The molecule has 3 nitrogen and oxygen atoms in total. The van der Waals surface area contributed by atoms with E-state index in [-0.39, 0.29) is 4.75 Å². The van der Waals surface area contributed by atoms with E-state index in [1.54, 1.807) is 0 Å². The van der Waals surface area contributed by atoms with Crippen LogP contribution in [0.15, 0.2) is 0 Å². The normalized spacial score (nSPS) is 13.1. The molecule has 5 heteroatoms. The second-order valence-corrected chi connectivity index (χ2v) is 9.35. The lowest BCUT2D eigenvalue weighted by molar-refractivity contribution is 0.0728. The summed E-state index contributed by atoms with van der Waals surface area (Å²) in [4.78, 5) is 0. The molecule has 0 radical (unpaired) electrons. The molecule has 0 bridgehead atoms. The van der Waals surface area contributed by atoms with Gasteiger partial charge in [0.15, 0.2) is 0 Å². The van der Waals surface area contributed by atoms with Crippen LogP contribution in [-0.2, 0) is 13.3 Å². The van der Waals surface area contributed by atoms with Crippen LogP contribution in [0.4, 0.5) is 0 Å². The quantitative estimate of drug-likeness (QED) is 0.604. The molecule has 0 aliphatic rings. The molecule has 0 aromatic rings. The first-order chi connectivity index (χ1) is 7.89. The van der Waals surface area contributed by atoms with E-state index in [9.17, 15) is 0 Å². The summed E-state index contributed by atoms with van der Waals surface area (Å²) in [5.74, 6) is 1.02. The van der Waals surface area contributed by atoms with Crippen LogP contribution in [0, 0.1) is 0 Å². The minimum absolute atomic E-state index is 0.283. The first-order valence-corrected chi connectivity index (χ1v) is 9.36. The van der Waals surface area contributed by atoms with Gasteiger partial charge in [-0.1, -0.05) is 20.8 Å². The van der Waals surface area contributed by atoms with Gasteiger partial charge in [0, 0.05) is 30.6 Å². The Labute approximate surface area is 112 Å². The molecule has 0 saturated carbocycles. The Balaban J connectivity index is 4.33. The smallest absolute Gasteiger partial charge is 0.374 e. The maximum Gasteiger partial charge on any atom is 0.501 e. The Bertz CT molecular complexity index is 178. The molecule has 0 rings (SSSR count). The van der Waals surface area contributed by atoms with Crippen molar-refractivity contribution in [1.29, 1.82) is 0 Å². The van der Waals surface area contributed by atoms with Crippen LogP contribution in [0.1, 0.15) is 41.5 Å². The van der Waals surface area contributed by atoms with E-state index in [0.717, 1.165) is 11.8 Å². The number of rotatable bonds is 9. The summed E-state index contributed by atoms with van der Waals surface area (Å²) >= 11 is 1.93. The van der Waals surface area contributed by atoms with Gasteiger partial charge in [-0.2, -0.15) is 11.8 Å². The van der Waals surface area contributed by atoms with Crippen molar-refractivity contribution in [2.24, 2.45) is 0 Å². The maximum atomic E-state index is 5.81. The van der Waals surface area contributed by atoms with Gasteiger partial charge in [0.25, 0.3) is 0 Å². The Morgan fingerprint density at radius 2 is 1.29 bits per heavy atom. The molecule has 104 valence electrons. The number of hydrogen-bond donors (Lipinski definition) is 0. The third-order valence-electron chi connectivity index (χ3n) is 2.04. The van der Waals surface area contributed by atoms with Crippen molar-refractivity contribution in [2.45, 2.75) is 52.3 Å². The molecular formula is C12H28O3SSi. The molecule has 0 heterocycles. The molecule has 0 fully saturated rings. The van der Waals surface area contributed by atoms with Crippen LogP contribution < -0.4 is 0 Å². The molecule has 0 aromatic heterocycles. The van der Waals surface area contributed by atoms with Crippen molar-refractivity contribution in [1.82, 2.24) is 0 Å². The van der Waals surface area contributed by atoms with E-state index in [0.29, 0.717) is 19.8 Å². The molecule has 17 heavy (non-hydrogen) atoms. The molecular weight excluding hydrogens is 252 g/mol. The molecule has 0 atom stereocenters. The zero-order valence-electron chi connectivity index (χ0n) is 12.2. The van der Waals surface area contributed by atoms with E-state index < -0.39 is 8.80 Å². The summed E-state index contributed by atoms with van der Waals surface area (Å²) in [6.07, 6.45) is 0. The van der Waals surface area contributed by atoms with Gasteiger partial charge in [-0.05, 0) is 26.5 Å². The highest BCUT2D eigenvalue weighted by molar-refractivity contribution is 8.00. The standard InChI is InChI=1S/C12H28O3SSi/c1-7-13-17(14-8-2,15-9-3)11-10-16-12(4,5)6/h7-11H2,1-6H3. The van der Waals surface area contributed by atoms with Crippen LogP contribution in [0.2, 0.25) is 6.04 Å². The van der Waals surface area contributed by atoms with Crippen LogP contribution in [-0.4, -0.2) is 39.1 Å². The summed E-state index contributed by atoms with van der Waals surface area (Å²) in [6.45, 7) is 14.6. The highest BCUT2D eigenvalue weighted by Gasteiger charge is 2.40. The summed E-state index contributed by atoms with van der Waals surface area (Å²) in [5, 5.41) is 0. The molecule has 0 saturated heterocycles. The maximum absolute atomic E-state index is 5.81. The summed E-state index contributed by atoms with van der Waals surface area (Å²) < 4.78 is 17.7. The monoisotopic (exact) mass is 280 g/mol. The van der Waals surface area contributed by atoms with E-state index >= 15 is 0 Å². The number of hydrogen-bond acceptors (Lipinski definition) is 4. The Morgan fingerprint density at radius 3 is 1.59 bits per heavy atom. The van der Waals surface area contributed by atoms with Gasteiger partial charge >= 0.3 is 8.80 Å². The predicted octanol–water partition coefficient (Wildman–Crippen LogP) is 3.57. The SMILES string of the molecule is CCO[Si](CCSC(C)(C)C)(OCC)OCC. The fraction of sp³-hybridized carbons (Fsp3) is 1.00. The molecule has 0 amide bonds. The molecule has 0 aliphatic carbocycles. The third kappa shape index (κ3) is 8.21. The van der Waals surface area contributed by atoms with Gasteiger partial charge in [-0.3, -0.25) is 0 Å². The minimum Gasteiger partial charge on any atom is -0.374 e. The lowest BCUT2D eigenvalue weighted by atomic mass is 10.3. The largest absolute Gasteiger partial charge is 0.501 e. The first-order valence-electron chi connectivity index (χ1n) is 6.45. The molecule has 0 unspecified atom stereocenters. The fourth-order valence-corrected chi connectivity index (χ4v) is 5.51. The summed E-state index contributed by atoms with van der Waals surface area (Å²) in [7, 11) is -2.42. The van der Waals surface area contributed by atoms with Crippen molar-refractivity contribution < 1.29 is 13.3 Å². The Morgan fingerprint density at radius 1 is 0.882 bits per heavy atom. The Hall–Kier alpha value is 0.447. The van der Waals surface area contributed by atoms with Crippen molar-refractivity contribution >= 4 is 20.6 Å². The average Bonchev–Trinajstić information content (AvgIpc) is 2.16. The van der Waals surface area contributed by atoms with E-state index in [4.69, 9.17) is 13.3 Å². The summed E-state index contributed by atoms with van der Waals surface area (Å²) in [6, 6.07) is 0.893. The van der Waals surface area contributed by atoms with E-state index in [1.165, 1.54) is 0 Å². The van der Waals surface area contributed by atoms with Gasteiger partial charge in [0.1, 0.15) is 0 Å². The summed E-state index contributed by atoms with van der Waals surface area (Å²) in [5.41, 5.74) is 0. The lowest BCUT2D eigenvalue weighted by Gasteiger charge is -2.29. The van der Waals surface area contributed by atoms with Crippen LogP contribution in [0.5, 0.6) is 0 Å². The highest BCUT2D eigenvalue weighted by atomic mass is 32.2. The molecule has 0 aromatic carbocycles. The van der Waals surface area contributed by atoms with Crippen molar-refractivity contribution in [3.8, 4) is 0 Å². The topological polar surface area (TPSA) is 27.7 Å². The van der Waals surface area contributed by atoms with Crippen LogP contribution in [0.3, 0.4) is 0 Å². The molecule has 0 aliphatic heterocycles. The molecule has 0 spiro atoms. The van der Waals surface area contributed by atoms with Gasteiger partial charge in [-0.15, -0.1) is 0 Å². The van der Waals surface area contributed by atoms with Gasteiger partial charge in [0.2, 0.25) is 0 Å². The van der Waals surface area contributed by atoms with Crippen molar-refractivity contribution in [3.63, 3.8) is 0 Å². The average molecular weight is 281 g/mol. The lowest BCUT2D eigenvalue weighted by Crippen LogP contribution is -2.46. The fourth-order valence-electron chi connectivity index (χ4n) is 1.48. The zero-order chi connectivity index (χ0) is 13.4. The van der Waals surface area contributed by atoms with Crippen molar-refractivity contribution in [3.05, 3.63) is 0 Å². The van der Waals surface area contributed by atoms with Gasteiger partial charge in [0.05, 0.1) is 0 Å². The van der Waals surface area contributed by atoms with E-state index in [2.05, 4.69) is 20.8 Å². The van der Waals surface area contributed by atoms with E-state index in [1.807, 2.05) is 32.5 Å². The Kier molecular flexibility index (Phi) is 8.76.